The molecule has 0 spiro atoms. The number of aromatic hydroxyl groups is 1. The van der Waals surface area contributed by atoms with Crippen molar-refractivity contribution in [1.29, 1.82) is 0 Å². The first-order valence-corrected chi connectivity index (χ1v) is 39.9. The van der Waals surface area contributed by atoms with Crippen LogP contribution in [0, 0.1) is 6.92 Å². The van der Waals surface area contributed by atoms with Crippen molar-refractivity contribution < 1.29 is 24.1 Å². The minimum Gasteiger partial charge on any atom is -0.504 e. The van der Waals surface area contributed by atoms with Gasteiger partial charge in [-0.2, -0.15) is 0 Å². The number of benzene rings is 2. The van der Waals surface area contributed by atoms with E-state index in [4.69, 9.17) is 44.6 Å². The largest absolute Gasteiger partial charge is 0.504 e. The van der Waals surface area contributed by atoms with Crippen molar-refractivity contribution in [2.45, 2.75) is 121 Å². The van der Waals surface area contributed by atoms with Crippen molar-refractivity contribution in [2.24, 2.45) is 0 Å². The first kappa shape index (κ1) is 79.5. The number of hydrogen-bond acceptors (Lipinski definition) is 25. The maximum atomic E-state index is 12.2. The van der Waals surface area contributed by atoms with Crippen LogP contribution >= 0.6 is 0 Å². The van der Waals surface area contributed by atoms with E-state index in [9.17, 15) is 24.3 Å². The molecule has 8 aliphatic heterocycles. The number of aryl methyl sites for hydroxylation is 1. The highest BCUT2D eigenvalue weighted by atomic mass is 16.5. The summed E-state index contributed by atoms with van der Waals surface area (Å²) >= 11 is 0. The van der Waals surface area contributed by atoms with Crippen LogP contribution in [0.15, 0.2) is 123 Å². The smallest absolute Gasteiger partial charge is 0.252 e. The number of methoxy groups -OCH3 is 1. The number of piperidine rings is 4. The number of ether oxygens (including phenoxy) is 4. The van der Waals surface area contributed by atoms with Gasteiger partial charge in [0.15, 0.2) is 11.5 Å². The Morgan fingerprint density at radius 1 is 0.432 bits per heavy atom. The number of nitrogens with zero attached hydrogens (tertiary/aromatic N) is 15. The van der Waals surface area contributed by atoms with E-state index in [0.29, 0.717) is 86.8 Å². The van der Waals surface area contributed by atoms with Crippen LogP contribution in [0.1, 0.15) is 139 Å². The van der Waals surface area contributed by atoms with Crippen LogP contribution in [0.3, 0.4) is 0 Å². The molecule has 0 bridgehead atoms. The third-order valence-electron chi connectivity index (χ3n) is 22.4. The molecule has 0 saturated carbocycles. The van der Waals surface area contributed by atoms with Crippen LogP contribution in [-0.2, 0) is 40.4 Å². The lowest BCUT2D eigenvalue weighted by molar-refractivity contribution is 0.122. The van der Waals surface area contributed by atoms with Crippen molar-refractivity contribution in [1.82, 2.24) is 69.4 Å². The molecule has 8 aromatic rings. The zero-order valence-electron chi connectivity index (χ0n) is 65.1. The van der Waals surface area contributed by atoms with Gasteiger partial charge in [-0.15, -0.1) is 0 Å². The summed E-state index contributed by atoms with van der Waals surface area (Å²) in [7, 11) is 5.68. The van der Waals surface area contributed by atoms with Crippen LogP contribution in [0.2, 0.25) is 0 Å². The summed E-state index contributed by atoms with van der Waals surface area (Å²) in [6.07, 6.45) is 14.4. The Hall–Kier alpha value is -9.62. The molecule has 8 aliphatic rings. The number of hydrogen-bond donors (Lipinski definition) is 6. The van der Waals surface area contributed by atoms with Crippen LogP contribution in [0.25, 0.3) is 0 Å². The second-order valence-corrected chi connectivity index (χ2v) is 30.7. The molecule has 7 N–H and O–H groups in total. The van der Waals surface area contributed by atoms with Crippen LogP contribution in [0.5, 0.6) is 11.5 Å². The minimum absolute atomic E-state index is 0.0556. The summed E-state index contributed by atoms with van der Waals surface area (Å²) in [4.78, 5) is 108. The van der Waals surface area contributed by atoms with Gasteiger partial charge in [-0.25, -0.2) is 24.9 Å². The summed E-state index contributed by atoms with van der Waals surface area (Å²) < 4.78 is 21.3. The predicted octanol–water partition coefficient (Wildman–Crippen LogP) is 7.17. The molecule has 0 radical (unpaired) electrons. The Kier molecular flexibility index (Phi) is 27.9. The molecule has 1 atom stereocenters. The van der Waals surface area contributed by atoms with Crippen molar-refractivity contribution in [3.63, 3.8) is 0 Å². The molecule has 594 valence electrons. The lowest BCUT2D eigenvalue weighted by Crippen LogP contribution is -2.39. The third kappa shape index (κ3) is 22.8. The molecule has 8 fully saturated rings. The highest BCUT2D eigenvalue weighted by molar-refractivity contribution is 5.46. The van der Waals surface area contributed by atoms with E-state index >= 15 is 0 Å². The minimum atomic E-state index is -0.0723. The maximum absolute atomic E-state index is 12.2. The molecular formula is C82H112N20O9. The fourth-order valence-electron chi connectivity index (χ4n) is 16.0. The molecule has 6 aromatic heterocycles. The maximum Gasteiger partial charge on any atom is 0.252 e. The third-order valence-corrected chi connectivity index (χ3v) is 22.4. The summed E-state index contributed by atoms with van der Waals surface area (Å²) in [5.41, 5.74) is 16.2. The summed E-state index contributed by atoms with van der Waals surface area (Å²) in [5.74, 6) is 5.26. The average Bonchev–Trinajstić information content (AvgIpc) is 1.81. The van der Waals surface area contributed by atoms with Gasteiger partial charge in [0, 0.05) is 171 Å². The highest BCUT2D eigenvalue weighted by Gasteiger charge is 2.30. The molecule has 29 heteroatoms. The Labute approximate surface area is 649 Å². The predicted molar refractivity (Wildman–Crippen MR) is 432 cm³/mol. The zero-order valence-corrected chi connectivity index (χ0v) is 65.1. The monoisotopic (exact) mass is 1520 g/mol. The van der Waals surface area contributed by atoms with Gasteiger partial charge in [-0.1, -0.05) is 30.3 Å². The number of pyridine rings is 2. The van der Waals surface area contributed by atoms with Crippen molar-refractivity contribution in [2.75, 3.05) is 196 Å². The second kappa shape index (κ2) is 39.0. The van der Waals surface area contributed by atoms with Gasteiger partial charge < -0.3 is 54.3 Å². The van der Waals surface area contributed by atoms with E-state index in [1.807, 2.05) is 37.5 Å². The van der Waals surface area contributed by atoms with Crippen LogP contribution in [0.4, 0.5) is 35.3 Å². The summed E-state index contributed by atoms with van der Waals surface area (Å²) in [6, 6.07) is 29.1. The molecule has 29 nitrogen and oxygen atoms in total. The molecule has 0 aliphatic carbocycles. The standard InChI is InChI=1S/C22H31N5O2.C21H28N4O3.C20H27N5O2.C19H26N6O2/c1-25(2)19-5-3-17(4-6-19)16-26-9-7-18(8-10-26)20-15-21(28)24-22(23-20)27-11-13-29-14-12-27;1-28-19-7-6-15(11-18(19)26)13-24-8-4-5-16(14-24)17-12-20(27)23-21(22-17)25-9-2-3-10-25;1-15-2-3-16(13-21-15)14-24-6-4-17(5-7-24)18-12-19(26)23-20(22-18)25-8-10-27-11-9-25;20-17-2-1-14(12-21-17)13-24-5-3-15(4-6-24)16-11-18(26)23-19(22-16)25-7-9-27-10-8-25/h3-6,15,18H,7-14,16H2,1-2H3,(H,23,24,28);6-7,11-12,16,26H,2-5,8-10,13-14H2,1H3,(H,22,23,27);2-3,12-13,17H,4-11,14H2,1H3,(H,22,23,26);1-2,11-12,15H,3-10,13H2,(H2,20,21)(H,22,23,26). The number of likely N-dealkylation sites (tertiary alicyclic amines) is 4. The average molecular weight is 1520 g/mol. The first-order chi connectivity index (χ1) is 54.0. The van der Waals surface area contributed by atoms with Gasteiger partial charge in [-0.3, -0.25) is 63.7 Å². The molecule has 8 saturated heterocycles. The number of phenolic OH excluding ortho intramolecular Hbond substituents is 1. The SMILES string of the molecule is CN(C)c1ccc(CN2CCC(c3cc(=O)[nH]c(N4CCOCC4)n3)CC2)cc1.COc1ccc(CN2CCCC(c3cc(=O)[nH]c(N4CCCC4)n3)C2)cc1O.Cc1ccc(CN2CCC(c3cc(=O)[nH]c(N4CCOCC4)n3)CC2)cn1.Nc1ccc(CN2CCC(c3cc(=O)[nH]c(N4CCOCC4)n3)CC2)cn1. The van der Waals surface area contributed by atoms with Gasteiger partial charge in [0.05, 0.1) is 69.5 Å². The number of nitrogens with one attached hydrogen (secondary N) is 4. The van der Waals surface area contributed by atoms with Gasteiger partial charge in [0.1, 0.15) is 5.82 Å². The molecule has 1 unspecified atom stereocenters. The molecule has 111 heavy (non-hydrogen) atoms. The number of aromatic amines is 4. The van der Waals surface area contributed by atoms with E-state index in [-0.39, 0.29) is 33.9 Å². The zero-order chi connectivity index (χ0) is 77.0. The molecule has 2 aromatic carbocycles. The Morgan fingerprint density at radius 3 is 1.20 bits per heavy atom. The molecular weight excluding hydrogens is 1410 g/mol. The number of rotatable bonds is 18. The van der Waals surface area contributed by atoms with E-state index in [1.54, 1.807) is 43.5 Å². The van der Waals surface area contributed by atoms with E-state index in [2.05, 4.69) is 124 Å². The fraction of sp³-hybridized carbons (Fsp3) is 0.537. The van der Waals surface area contributed by atoms with Gasteiger partial charge in [-0.05, 0) is 176 Å². The second-order valence-electron chi connectivity index (χ2n) is 30.7. The Bertz CT molecular complexity index is 4340. The van der Waals surface area contributed by atoms with E-state index in [0.717, 1.165) is 235 Å². The molecule has 14 heterocycles. The number of nitrogens with two attached hydrogens (primary N) is 1. The fourth-order valence-corrected chi connectivity index (χ4v) is 16.0. The van der Waals surface area contributed by atoms with Crippen molar-refractivity contribution in [3.8, 4) is 11.5 Å². The topological polar surface area (TPSA) is 321 Å². The number of phenols is 1. The normalized spacial score (nSPS) is 19.5. The highest BCUT2D eigenvalue weighted by Crippen LogP contribution is 2.34. The van der Waals surface area contributed by atoms with Crippen LogP contribution < -0.4 is 57.2 Å². The van der Waals surface area contributed by atoms with Crippen molar-refractivity contribution >= 4 is 35.3 Å². The van der Waals surface area contributed by atoms with Gasteiger partial charge in [0.25, 0.3) is 22.2 Å². The number of H-pyrrole nitrogens is 4. The number of morpholine rings is 3. The summed E-state index contributed by atoms with van der Waals surface area (Å²) in [6.45, 7) is 24.1. The lowest BCUT2D eigenvalue weighted by atomic mass is 9.93. The summed E-state index contributed by atoms with van der Waals surface area (Å²) in [5, 5.41) is 10.0. The van der Waals surface area contributed by atoms with Gasteiger partial charge >= 0.3 is 0 Å². The van der Waals surface area contributed by atoms with Gasteiger partial charge in [0.2, 0.25) is 23.8 Å². The Morgan fingerprint density at radius 2 is 0.811 bits per heavy atom. The quantitative estimate of drug-likeness (QED) is 0.0496. The van der Waals surface area contributed by atoms with Crippen LogP contribution in [-0.4, -0.2) is 240 Å². The Balaban J connectivity index is 0.000000130. The number of aromatic nitrogens is 10. The lowest BCUT2D eigenvalue weighted by Gasteiger charge is -2.32. The molecule has 16 rings (SSSR count). The molecule has 0 amide bonds. The number of anilines is 6. The van der Waals surface area contributed by atoms with E-state index in [1.165, 1.54) is 22.4 Å². The van der Waals surface area contributed by atoms with E-state index < -0.39 is 0 Å². The number of nitrogen functional groups attached to an aromatic ring is 1. The van der Waals surface area contributed by atoms with Crippen molar-refractivity contribution in [3.05, 3.63) is 196 Å². The first-order valence-electron chi connectivity index (χ1n) is 39.9.